The summed E-state index contributed by atoms with van der Waals surface area (Å²) in [7, 11) is 0. The van der Waals surface area contributed by atoms with E-state index in [1.807, 2.05) is 57.3 Å². The number of nitrogens with one attached hydrogen (secondary N) is 1. The average Bonchev–Trinajstić information content (AvgIpc) is 3.49. The van der Waals surface area contributed by atoms with E-state index >= 15 is 0 Å². The molecule has 0 spiro atoms. The molecule has 35 heavy (non-hydrogen) atoms. The van der Waals surface area contributed by atoms with Gasteiger partial charge in [0.05, 0.1) is 26.4 Å². The van der Waals surface area contributed by atoms with Crippen LogP contribution in [-0.4, -0.2) is 37.3 Å². The summed E-state index contributed by atoms with van der Waals surface area (Å²) < 4.78 is 28.8. The number of hydrogen-bond acceptors (Lipinski definition) is 8. The monoisotopic (exact) mass is 496 g/mol. The Hall–Kier alpha value is -3.72. The molecule has 1 N–H and O–H groups in total. The van der Waals surface area contributed by atoms with E-state index in [9.17, 15) is 4.79 Å². The summed E-state index contributed by atoms with van der Waals surface area (Å²) in [5, 5.41) is 6.06. The molecule has 0 saturated heterocycles. The lowest BCUT2D eigenvalue weighted by Crippen LogP contribution is -2.13. The Balaban J connectivity index is 1.58. The molecule has 8 nitrogen and oxygen atoms in total. The van der Waals surface area contributed by atoms with Crippen molar-refractivity contribution >= 4 is 33.3 Å². The van der Waals surface area contributed by atoms with Gasteiger partial charge >= 0.3 is 0 Å². The van der Waals surface area contributed by atoms with Crippen LogP contribution in [0.25, 0.3) is 22.4 Å². The normalized spacial score (nSPS) is 10.9. The van der Waals surface area contributed by atoms with Crippen LogP contribution in [0.3, 0.4) is 0 Å². The van der Waals surface area contributed by atoms with Gasteiger partial charge in [0.2, 0.25) is 5.75 Å². The molecule has 0 aliphatic rings. The number of hydrogen-bond donors (Lipinski definition) is 1. The zero-order valence-corrected chi connectivity index (χ0v) is 21.0. The van der Waals surface area contributed by atoms with Crippen LogP contribution in [0.2, 0.25) is 0 Å². The lowest BCUT2D eigenvalue weighted by Gasteiger charge is -2.16. The number of amides is 1. The van der Waals surface area contributed by atoms with E-state index in [-0.39, 0.29) is 5.91 Å². The summed E-state index contributed by atoms with van der Waals surface area (Å²) in [6.07, 6.45) is 0. The number of anilines is 1. The van der Waals surface area contributed by atoms with Crippen molar-refractivity contribution in [2.24, 2.45) is 0 Å². The molecule has 0 radical (unpaired) electrons. The Labute approximate surface area is 207 Å². The Morgan fingerprint density at radius 3 is 2.23 bits per heavy atom. The fourth-order valence-corrected chi connectivity index (χ4v) is 4.26. The Morgan fingerprint density at radius 2 is 1.57 bits per heavy atom. The lowest BCUT2D eigenvalue weighted by molar-refractivity contribution is 0.102. The third-order valence-corrected chi connectivity index (χ3v) is 5.71. The van der Waals surface area contributed by atoms with Crippen molar-refractivity contribution in [3.63, 3.8) is 0 Å². The topological polar surface area (TPSA) is 92.1 Å². The predicted octanol–water partition coefficient (Wildman–Crippen LogP) is 6.40. The molecule has 0 unspecified atom stereocenters. The molecule has 1 amide bonds. The smallest absolute Gasteiger partial charge is 0.257 e. The summed E-state index contributed by atoms with van der Waals surface area (Å²) in [6.45, 7) is 9.39. The molecule has 0 aliphatic carbocycles. The quantitative estimate of drug-likeness (QED) is 0.257. The van der Waals surface area contributed by atoms with Crippen LogP contribution in [0, 0.1) is 0 Å². The number of rotatable bonds is 11. The maximum Gasteiger partial charge on any atom is 0.257 e. The number of para-hydroxylation sites is 1. The van der Waals surface area contributed by atoms with Crippen molar-refractivity contribution in [1.29, 1.82) is 0 Å². The number of carbonyl (C=O) groups excluding carboxylic acids is 1. The number of furan rings is 1. The van der Waals surface area contributed by atoms with E-state index in [1.165, 1.54) is 11.3 Å². The predicted molar refractivity (Wildman–Crippen MR) is 136 cm³/mol. The highest BCUT2D eigenvalue weighted by Crippen LogP contribution is 2.40. The van der Waals surface area contributed by atoms with Crippen molar-refractivity contribution in [2.45, 2.75) is 27.7 Å². The first-order valence-electron chi connectivity index (χ1n) is 11.6. The first kappa shape index (κ1) is 24.4. The van der Waals surface area contributed by atoms with E-state index < -0.39 is 0 Å². The van der Waals surface area contributed by atoms with Gasteiger partial charge in [0, 0.05) is 16.3 Å². The van der Waals surface area contributed by atoms with Crippen molar-refractivity contribution < 1.29 is 28.2 Å². The van der Waals surface area contributed by atoms with Crippen LogP contribution in [-0.2, 0) is 0 Å². The van der Waals surface area contributed by atoms with Crippen molar-refractivity contribution in [3.8, 4) is 34.5 Å². The Morgan fingerprint density at radius 1 is 0.914 bits per heavy atom. The van der Waals surface area contributed by atoms with E-state index in [2.05, 4.69) is 10.3 Å². The van der Waals surface area contributed by atoms with Gasteiger partial charge in [-0.25, -0.2) is 4.98 Å². The number of nitrogens with zero attached hydrogens (tertiary/aromatic N) is 1. The standard InChI is InChI=1S/C26H28N2O6S/c1-5-30-19-11-9-10-16-12-20(34-23(16)19)18-15-35-26(27-18)28-25(29)17-13-21(31-6-2)24(33-8-4)22(14-17)32-7-3/h9-15H,5-8H2,1-4H3,(H,27,28,29). The number of thiazole rings is 1. The molecule has 0 aliphatic heterocycles. The second kappa shape index (κ2) is 11.1. The highest BCUT2D eigenvalue weighted by Gasteiger charge is 2.20. The zero-order chi connectivity index (χ0) is 24.8. The van der Waals surface area contributed by atoms with Gasteiger partial charge in [0.1, 0.15) is 5.69 Å². The van der Waals surface area contributed by atoms with Crippen LogP contribution >= 0.6 is 11.3 Å². The molecule has 2 heterocycles. The van der Waals surface area contributed by atoms with Gasteiger partial charge in [-0.1, -0.05) is 12.1 Å². The van der Waals surface area contributed by atoms with E-state index in [0.29, 0.717) is 77.2 Å². The van der Waals surface area contributed by atoms with Gasteiger partial charge in [-0.05, 0) is 52.0 Å². The number of ether oxygens (including phenoxy) is 4. The first-order valence-corrected chi connectivity index (χ1v) is 12.4. The molecule has 0 saturated carbocycles. The molecule has 0 atom stereocenters. The fourth-order valence-electron chi connectivity index (χ4n) is 3.57. The molecule has 0 bridgehead atoms. The molecular formula is C26H28N2O6S. The molecule has 2 aromatic heterocycles. The first-order chi connectivity index (χ1) is 17.1. The second-order valence-corrected chi connectivity index (χ2v) is 8.17. The average molecular weight is 497 g/mol. The van der Waals surface area contributed by atoms with E-state index in [1.54, 1.807) is 12.1 Å². The third kappa shape index (κ3) is 5.35. The van der Waals surface area contributed by atoms with Gasteiger partial charge in [0.25, 0.3) is 5.91 Å². The molecule has 9 heteroatoms. The van der Waals surface area contributed by atoms with E-state index in [4.69, 9.17) is 23.4 Å². The van der Waals surface area contributed by atoms with Crippen LogP contribution in [0.1, 0.15) is 38.1 Å². The Bertz CT molecular complexity index is 1290. The minimum Gasteiger partial charge on any atom is -0.490 e. The van der Waals surface area contributed by atoms with Gasteiger partial charge in [-0.3, -0.25) is 10.1 Å². The van der Waals surface area contributed by atoms with Crippen molar-refractivity contribution in [3.05, 3.63) is 47.3 Å². The minimum atomic E-state index is -0.334. The highest BCUT2D eigenvalue weighted by molar-refractivity contribution is 7.14. The maximum absolute atomic E-state index is 13.1. The van der Waals surface area contributed by atoms with Gasteiger partial charge in [-0.2, -0.15) is 0 Å². The summed E-state index contributed by atoms with van der Waals surface area (Å²) in [5.74, 6) is 2.35. The molecular weight excluding hydrogens is 468 g/mol. The largest absolute Gasteiger partial charge is 0.490 e. The number of benzene rings is 2. The lowest BCUT2D eigenvalue weighted by atomic mass is 10.1. The second-order valence-electron chi connectivity index (χ2n) is 7.31. The van der Waals surface area contributed by atoms with Crippen LogP contribution in [0.15, 0.2) is 46.2 Å². The summed E-state index contributed by atoms with van der Waals surface area (Å²) in [4.78, 5) is 17.6. The van der Waals surface area contributed by atoms with Crippen LogP contribution in [0.4, 0.5) is 5.13 Å². The van der Waals surface area contributed by atoms with Gasteiger partial charge in [-0.15, -0.1) is 11.3 Å². The van der Waals surface area contributed by atoms with Crippen molar-refractivity contribution in [1.82, 2.24) is 4.98 Å². The van der Waals surface area contributed by atoms with Gasteiger partial charge in [0.15, 0.2) is 33.7 Å². The van der Waals surface area contributed by atoms with Gasteiger partial charge < -0.3 is 23.4 Å². The summed E-state index contributed by atoms with van der Waals surface area (Å²) >= 11 is 1.31. The molecule has 2 aromatic carbocycles. The van der Waals surface area contributed by atoms with Crippen molar-refractivity contribution in [2.75, 3.05) is 31.7 Å². The molecule has 4 aromatic rings. The van der Waals surface area contributed by atoms with Crippen LogP contribution in [0.5, 0.6) is 23.0 Å². The van der Waals surface area contributed by atoms with E-state index in [0.717, 1.165) is 5.39 Å². The number of fused-ring (bicyclic) bond motifs is 1. The SMILES string of the molecule is CCOc1cc(C(=O)Nc2nc(-c3cc4cccc(OCC)c4o3)cs2)cc(OCC)c1OCC. The minimum absolute atomic E-state index is 0.334. The van der Waals surface area contributed by atoms with Crippen LogP contribution < -0.4 is 24.3 Å². The highest BCUT2D eigenvalue weighted by atomic mass is 32.1. The molecule has 4 rings (SSSR count). The number of aromatic nitrogens is 1. The molecule has 184 valence electrons. The number of carbonyl (C=O) groups is 1. The zero-order valence-electron chi connectivity index (χ0n) is 20.2. The Kier molecular flexibility index (Phi) is 7.77. The fraction of sp³-hybridized carbons (Fsp3) is 0.308. The summed E-state index contributed by atoms with van der Waals surface area (Å²) in [6, 6.07) is 11.0. The third-order valence-electron chi connectivity index (χ3n) is 4.96. The molecule has 0 fully saturated rings. The maximum atomic E-state index is 13.1. The summed E-state index contributed by atoms with van der Waals surface area (Å²) in [5.41, 5.74) is 1.67.